The molecule has 2 atom stereocenters. The van der Waals surface area contributed by atoms with Gasteiger partial charge in [-0.25, -0.2) is 8.42 Å². The molecular formula is C15H20N2O4S. The Kier molecular flexibility index (Phi) is 4.20. The average molecular weight is 324 g/mol. The zero-order valence-electron chi connectivity index (χ0n) is 12.5. The molecule has 2 aliphatic rings. The van der Waals surface area contributed by atoms with Gasteiger partial charge in [0.2, 0.25) is 15.9 Å². The second kappa shape index (κ2) is 5.98. The van der Waals surface area contributed by atoms with Crippen molar-refractivity contribution >= 4 is 21.6 Å². The van der Waals surface area contributed by atoms with Crippen molar-refractivity contribution in [3.05, 3.63) is 30.3 Å². The molecule has 0 spiro atoms. The highest BCUT2D eigenvalue weighted by molar-refractivity contribution is 7.88. The van der Waals surface area contributed by atoms with Crippen LogP contribution in [0, 0.1) is 5.92 Å². The van der Waals surface area contributed by atoms with E-state index in [0.717, 1.165) is 5.69 Å². The summed E-state index contributed by atoms with van der Waals surface area (Å²) in [5, 5.41) is 0. The predicted octanol–water partition coefficient (Wildman–Crippen LogP) is 0.700. The number of benzene rings is 1. The Hall–Kier alpha value is -1.44. The number of rotatable bonds is 2. The molecule has 1 aromatic rings. The minimum Gasteiger partial charge on any atom is -0.374 e. The summed E-state index contributed by atoms with van der Waals surface area (Å²) in [6.07, 6.45) is 1.34. The van der Waals surface area contributed by atoms with E-state index in [1.807, 2.05) is 30.3 Å². The van der Waals surface area contributed by atoms with Crippen LogP contribution < -0.4 is 4.90 Å². The van der Waals surface area contributed by atoms with Crippen molar-refractivity contribution in [1.82, 2.24) is 4.31 Å². The number of fused-ring (bicyclic) bond motifs is 1. The van der Waals surface area contributed by atoms with Gasteiger partial charge in [0, 0.05) is 25.3 Å². The molecule has 1 aromatic carbocycles. The summed E-state index contributed by atoms with van der Waals surface area (Å²) in [6, 6.07) is 9.53. The van der Waals surface area contributed by atoms with E-state index in [4.69, 9.17) is 4.74 Å². The van der Waals surface area contributed by atoms with Crippen LogP contribution in [0.5, 0.6) is 0 Å². The molecule has 22 heavy (non-hydrogen) atoms. The van der Waals surface area contributed by atoms with E-state index in [2.05, 4.69) is 0 Å². The first-order valence-corrected chi connectivity index (χ1v) is 9.25. The number of piperidine rings is 1. The van der Waals surface area contributed by atoms with Crippen LogP contribution in [0.2, 0.25) is 0 Å². The normalized spacial score (nSPS) is 27.3. The van der Waals surface area contributed by atoms with Crippen LogP contribution in [-0.4, -0.2) is 57.2 Å². The van der Waals surface area contributed by atoms with E-state index in [1.165, 1.54) is 10.6 Å². The molecule has 2 saturated heterocycles. The van der Waals surface area contributed by atoms with Crippen LogP contribution in [0.15, 0.2) is 30.3 Å². The Morgan fingerprint density at radius 1 is 1.18 bits per heavy atom. The van der Waals surface area contributed by atoms with Crippen LogP contribution in [0.25, 0.3) is 0 Å². The van der Waals surface area contributed by atoms with Gasteiger partial charge in [0.05, 0.1) is 24.9 Å². The monoisotopic (exact) mass is 324 g/mol. The van der Waals surface area contributed by atoms with E-state index < -0.39 is 10.0 Å². The van der Waals surface area contributed by atoms with E-state index in [0.29, 0.717) is 26.1 Å². The fourth-order valence-corrected chi connectivity index (χ4v) is 3.97. The van der Waals surface area contributed by atoms with Crippen molar-refractivity contribution in [3.8, 4) is 0 Å². The Bertz CT molecular complexity index is 647. The van der Waals surface area contributed by atoms with Crippen LogP contribution in [0.3, 0.4) is 0 Å². The zero-order chi connectivity index (χ0) is 15.7. The van der Waals surface area contributed by atoms with Crippen molar-refractivity contribution in [2.45, 2.75) is 12.5 Å². The lowest BCUT2D eigenvalue weighted by atomic mass is 9.93. The first-order chi connectivity index (χ1) is 10.5. The summed E-state index contributed by atoms with van der Waals surface area (Å²) in [7, 11) is -3.24. The molecule has 0 N–H and O–H groups in total. The molecule has 0 radical (unpaired) electrons. The van der Waals surface area contributed by atoms with Gasteiger partial charge in [-0.15, -0.1) is 0 Å². The number of carbonyl (C=O) groups is 1. The smallest absolute Gasteiger partial charge is 0.232 e. The lowest BCUT2D eigenvalue weighted by molar-refractivity contribution is -0.127. The van der Waals surface area contributed by atoms with Gasteiger partial charge in [-0.3, -0.25) is 4.79 Å². The highest BCUT2D eigenvalue weighted by atomic mass is 32.2. The first-order valence-electron chi connectivity index (χ1n) is 7.40. The lowest BCUT2D eigenvalue weighted by Crippen LogP contribution is -2.50. The molecule has 2 heterocycles. The third-order valence-electron chi connectivity index (χ3n) is 4.29. The van der Waals surface area contributed by atoms with Gasteiger partial charge in [0.1, 0.15) is 0 Å². The van der Waals surface area contributed by atoms with Crippen molar-refractivity contribution in [3.63, 3.8) is 0 Å². The zero-order valence-corrected chi connectivity index (χ0v) is 13.3. The van der Waals surface area contributed by atoms with Gasteiger partial charge < -0.3 is 9.64 Å². The summed E-state index contributed by atoms with van der Waals surface area (Å²) in [4.78, 5) is 14.6. The van der Waals surface area contributed by atoms with Crippen molar-refractivity contribution in [1.29, 1.82) is 0 Å². The van der Waals surface area contributed by atoms with Gasteiger partial charge in [-0.2, -0.15) is 4.31 Å². The van der Waals surface area contributed by atoms with E-state index in [-0.39, 0.29) is 24.5 Å². The maximum Gasteiger partial charge on any atom is 0.232 e. The Morgan fingerprint density at radius 3 is 2.59 bits per heavy atom. The summed E-state index contributed by atoms with van der Waals surface area (Å²) >= 11 is 0. The van der Waals surface area contributed by atoms with Crippen LogP contribution in [0.4, 0.5) is 5.69 Å². The van der Waals surface area contributed by atoms with E-state index in [9.17, 15) is 13.2 Å². The third kappa shape index (κ3) is 3.02. The summed E-state index contributed by atoms with van der Waals surface area (Å²) < 4.78 is 30.6. The second-order valence-electron chi connectivity index (χ2n) is 5.75. The minimum atomic E-state index is -3.24. The van der Waals surface area contributed by atoms with Gasteiger partial charge in [-0.1, -0.05) is 18.2 Å². The number of carbonyl (C=O) groups excluding carboxylic acids is 1. The molecule has 0 saturated carbocycles. The number of hydrogen-bond donors (Lipinski definition) is 0. The number of para-hydroxylation sites is 1. The number of hydrogen-bond acceptors (Lipinski definition) is 4. The van der Waals surface area contributed by atoms with Crippen LogP contribution in [-0.2, 0) is 19.6 Å². The maximum atomic E-state index is 12.8. The molecule has 0 aromatic heterocycles. The molecule has 120 valence electrons. The maximum absolute atomic E-state index is 12.8. The van der Waals surface area contributed by atoms with Crippen LogP contribution >= 0.6 is 0 Å². The quantitative estimate of drug-likeness (QED) is 0.803. The van der Waals surface area contributed by atoms with Gasteiger partial charge in [-0.05, 0) is 18.6 Å². The Morgan fingerprint density at radius 2 is 1.91 bits per heavy atom. The fourth-order valence-electron chi connectivity index (χ4n) is 3.11. The van der Waals surface area contributed by atoms with Crippen LogP contribution in [0.1, 0.15) is 6.42 Å². The number of sulfonamides is 1. The molecule has 0 aliphatic carbocycles. The topological polar surface area (TPSA) is 66.9 Å². The van der Waals surface area contributed by atoms with E-state index in [1.54, 1.807) is 4.90 Å². The van der Waals surface area contributed by atoms with Crippen molar-refractivity contribution in [2.24, 2.45) is 5.92 Å². The SMILES string of the molecule is CS(=O)(=O)N1CC[C@@H]2C(=O)N(c3ccccc3)CCO[C@@H]2C1. The van der Waals surface area contributed by atoms with Gasteiger partial charge in [0.25, 0.3) is 0 Å². The number of nitrogens with zero attached hydrogens (tertiary/aromatic N) is 2. The number of anilines is 1. The number of amides is 1. The number of ether oxygens (including phenoxy) is 1. The molecule has 6 nitrogen and oxygen atoms in total. The third-order valence-corrected chi connectivity index (χ3v) is 5.56. The predicted molar refractivity (Wildman–Crippen MR) is 83.1 cm³/mol. The highest BCUT2D eigenvalue weighted by Crippen LogP contribution is 2.28. The fraction of sp³-hybridized carbons (Fsp3) is 0.533. The molecule has 2 aliphatic heterocycles. The second-order valence-corrected chi connectivity index (χ2v) is 7.73. The Balaban J connectivity index is 1.81. The molecule has 1 amide bonds. The first kappa shape index (κ1) is 15.5. The van der Waals surface area contributed by atoms with Crippen molar-refractivity contribution in [2.75, 3.05) is 37.4 Å². The summed E-state index contributed by atoms with van der Waals surface area (Å²) in [6.45, 7) is 1.55. The highest BCUT2D eigenvalue weighted by Gasteiger charge is 2.41. The summed E-state index contributed by atoms with van der Waals surface area (Å²) in [5.41, 5.74) is 0.863. The lowest BCUT2D eigenvalue weighted by Gasteiger charge is -2.35. The van der Waals surface area contributed by atoms with E-state index >= 15 is 0 Å². The molecule has 0 bridgehead atoms. The largest absolute Gasteiger partial charge is 0.374 e. The van der Waals surface area contributed by atoms with Crippen molar-refractivity contribution < 1.29 is 17.9 Å². The molecule has 2 fully saturated rings. The molecular weight excluding hydrogens is 304 g/mol. The molecule has 3 rings (SSSR count). The molecule has 0 unspecified atom stereocenters. The minimum absolute atomic E-state index is 0.0295. The average Bonchev–Trinajstić information content (AvgIpc) is 2.66. The summed E-state index contributed by atoms with van der Waals surface area (Å²) in [5.74, 6) is -0.248. The standard InChI is InChI=1S/C15H20N2O4S/c1-22(19,20)16-8-7-13-14(11-16)21-10-9-17(15(13)18)12-5-3-2-4-6-12/h2-6,13-14H,7-11H2,1H3/t13-,14+/m0/s1. The van der Waals surface area contributed by atoms with Gasteiger partial charge >= 0.3 is 0 Å². The molecule has 7 heteroatoms. The Labute approximate surface area is 130 Å². The van der Waals surface area contributed by atoms with Gasteiger partial charge in [0.15, 0.2) is 0 Å².